The molecule has 0 heterocycles. The molecule has 0 saturated heterocycles. The van der Waals surface area contributed by atoms with Gasteiger partial charge in [0.25, 0.3) is 0 Å². The standard InChI is InChI=1S/C14H30N2O/c1-10(2)13(5,6)9-16-14(7,11(3)4)12(17)15-8/h10-11,16H,9H2,1-8H3,(H,15,17). The molecule has 1 amide bonds. The Morgan fingerprint density at radius 1 is 1.06 bits per heavy atom. The molecule has 0 radical (unpaired) electrons. The Bertz CT molecular complexity index is 259. The van der Waals surface area contributed by atoms with Crippen LogP contribution in [-0.4, -0.2) is 25.0 Å². The van der Waals surface area contributed by atoms with Crippen LogP contribution in [0.4, 0.5) is 0 Å². The van der Waals surface area contributed by atoms with Gasteiger partial charge in [0.1, 0.15) is 0 Å². The molecule has 0 aromatic heterocycles. The number of amides is 1. The molecule has 0 bridgehead atoms. The van der Waals surface area contributed by atoms with Gasteiger partial charge in [-0.25, -0.2) is 0 Å². The van der Waals surface area contributed by atoms with Crippen molar-refractivity contribution in [1.82, 2.24) is 10.6 Å². The lowest BCUT2D eigenvalue weighted by Gasteiger charge is -2.38. The Morgan fingerprint density at radius 2 is 1.53 bits per heavy atom. The number of carbonyl (C=O) groups is 1. The first-order chi connectivity index (χ1) is 7.58. The Morgan fingerprint density at radius 3 is 1.82 bits per heavy atom. The summed E-state index contributed by atoms with van der Waals surface area (Å²) in [6.45, 7) is 15.9. The van der Waals surface area contributed by atoms with Crippen molar-refractivity contribution in [3.05, 3.63) is 0 Å². The number of rotatable bonds is 6. The predicted octanol–water partition coefficient (Wildman–Crippen LogP) is 2.42. The third kappa shape index (κ3) is 3.98. The highest BCUT2D eigenvalue weighted by atomic mass is 16.2. The van der Waals surface area contributed by atoms with E-state index in [2.05, 4.69) is 52.2 Å². The summed E-state index contributed by atoms with van der Waals surface area (Å²) in [6.07, 6.45) is 0. The van der Waals surface area contributed by atoms with Gasteiger partial charge in [-0.1, -0.05) is 41.5 Å². The molecule has 0 aliphatic carbocycles. The molecule has 0 spiro atoms. The molecule has 1 atom stereocenters. The van der Waals surface area contributed by atoms with E-state index in [1.807, 2.05) is 6.92 Å². The van der Waals surface area contributed by atoms with Gasteiger partial charge in [0, 0.05) is 13.6 Å². The number of hydrogen-bond acceptors (Lipinski definition) is 2. The van der Waals surface area contributed by atoms with Gasteiger partial charge in [0.05, 0.1) is 5.54 Å². The maximum atomic E-state index is 12.0. The smallest absolute Gasteiger partial charge is 0.240 e. The fourth-order valence-corrected chi connectivity index (χ4v) is 1.42. The van der Waals surface area contributed by atoms with Gasteiger partial charge in [-0.2, -0.15) is 0 Å². The minimum atomic E-state index is -0.499. The summed E-state index contributed by atoms with van der Waals surface area (Å²) in [4.78, 5) is 12.0. The molecular weight excluding hydrogens is 212 g/mol. The molecule has 1 unspecified atom stereocenters. The SMILES string of the molecule is CNC(=O)C(C)(NCC(C)(C)C(C)C)C(C)C. The van der Waals surface area contributed by atoms with Gasteiger partial charge in [-0.05, 0) is 24.2 Å². The molecule has 3 nitrogen and oxygen atoms in total. The summed E-state index contributed by atoms with van der Waals surface area (Å²) >= 11 is 0. The zero-order valence-electron chi connectivity index (χ0n) is 12.8. The third-order valence-corrected chi connectivity index (χ3v) is 4.33. The molecular formula is C14H30N2O. The van der Waals surface area contributed by atoms with E-state index in [0.717, 1.165) is 6.54 Å². The highest BCUT2D eigenvalue weighted by Crippen LogP contribution is 2.27. The van der Waals surface area contributed by atoms with E-state index >= 15 is 0 Å². The van der Waals surface area contributed by atoms with Crippen LogP contribution in [0.25, 0.3) is 0 Å². The summed E-state index contributed by atoms with van der Waals surface area (Å²) in [5, 5.41) is 6.21. The van der Waals surface area contributed by atoms with Crippen LogP contribution in [0.15, 0.2) is 0 Å². The van der Waals surface area contributed by atoms with Crippen LogP contribution >= 0.6 is 0 Å². The summed E-state index contributed by atoms with van der Waals surface area (Å²) in [5.74, 6) is 0.897. The lowest BCUT2D eigenvalue weighted by molar-refractivity contribution is -0.128. The lowest BCUT2D eigenvalue weighted by Crippen LogP contribution is -2.59. The highest BCUT2D eigenvalue weighted by molar-refractivity contribution is 5.85. The van der Waals surface area contributed by atoms with Crippen molar-refractivity contribution in [2.24, 2.45) is 17.3 Å². The van der Waals surface area contributed by atoms with Gasteiger partial charge in [0.2, 0.25) is 5.91 Å². The molecule has 0 fully saturated rings. The second-order valence-corrected chi connectivity index (χ2v) is 6.43. The predicted molar refractivity (Wildman–Crippen MR) is 73.9 cm³/mol. The monoisotopic (exact) mass is 242 g/mol. The molecule has 0 rings (SSSR count). The molecule has 0 aliphatic heterocycles. The van der Waals surface area contributed by atoms with Crippen LogP contribution in [0.3, 0.4) is 0 Å². The van der Waals surface area contributed by atoms with Crippen molar-refractivity contribution >= 4 is 5.91 Å². The van der Waals surface area contributed by atoms with E-state index < -0.39 is 5.54 Å². The lowest BCUT2D eigenvalue weighted by atomic mass is 9.79. The molecule has 17 heavy (non-hydrogen) atoms. The first kappa shape index (κ1) is 16.4. The molecule has 102 valence electrons. The Labute approximate surface area is 107 Å². The maximum absolute atomic E-state index is 12.0. The van der Waals surface area contributed by atoms with E-state index in [9.17, 15) is 4.79 Å². The highest BCUT2D eigenvalue weighted by Gasteiger charge is 2.37. The van der Waals surface area contributed by atoms with E-state index in [-0.39, 0.29) is 17.2 Å². The van der Waals surface area contributed by atoms with E-state index in [1.54, 1.807) is 7.05 Å². The molecule has 0 aromatic carbocycles. The minimum absolute atomic E-state index is 0.0621. The van der Waals surface area contributed by atoms with Crippen molar-refractivity contribution in [3.63, 3.8) is 0 Å². The average molecular weight is 242 g/mol. The van der Waals surface area contributed by atoms with Crippen LogP contribution in [0.2, 0.25) is 0 Å². The molecule has 0 aromatic rings. The van der Waals surface area contributed by atoms with Crippen molar-refractivity contribution in [2.75, 3.05) is 13.6 Å². The zero-order chi connectivity index (χ0) is 13.9. The number of hydrogen-bond donors (Lipinski definition) is 2. The topological polar surface area (TPSA) is 41.1 Å². The molecule has 0 saturated carbocycles. The fraction of sp³-hybridized carbons (Fsp3) is 0.929. The Hall–Kier alpha value is -0.570. The maximum Gasteiger partial charge on any atom is 0.240 e. The van der Waals surface area contributed by atoms with Crippen LogP contribution < -0.4 is 10.6 Å². The third-order valence-electron chi connectivity index (χ3n) is 4.33. The first-order valence-corrected chi connectivity index (χ1v) is 6.55. The molecule has 3 heteroatoms. The van der Waals surface area contributed by atoms with Gasteiger partial charge >= 0.3 is 0 Å². The second kappa shape index (κ2) is 5.85. The van der Waals surface area contributed by atoms with Crippen molar-refractivity contribution in [1.29, 1.82) is 0 Å². The summed E-state index contributed by atoms with van der Waals surface area (Å²) in [5.41, 5.74) is -0.314. The number of carbonyl (C=O) groups excluding carboxylic acids is 1. The summed E-state index contributed by atoms with van der Waals surface area (Å²) in [6, 6.07) is 0. The van der Waals surface area contributed by atoms with Gasteiger partial charge in [-0.15, -0.1) is 0 Å². The van der Waals surface area contributed by atoms with E-state index in [4.69, 9.17) is 0 Å². The first-order valence-electron chi connectivity index (χ1n) is 6.55. The zero-order valence-corrected chi connectivity index (χ0v) is 12.8. The van der Waals surface area contributed by atoms with Crippen LogP contribution in [0.1, 0.15) is 48.5 Å². The van der Waals surface area contributed by atoms with Crippen molar-refractivity contribution in [3.8, 4) is 0 Å². The van der Waals surface area contributed by atoms with Crippen LogP contribution in [-0.2, 0) is 4.79 Å². The van der Waals surface area contributed by atoms with E-state index in [1.165, 1.54) is 0 Å². The van der Waals surface area contributed by atoms with Gasteiger partial charge < -0.3 is 10.6 Å². The fourth-order valence-electron chi connectivity index (χ4n) is 1.42. The summed E-state index contributed by atoms with van der Waals surface area (Å²) < 4.78 is 0. The molecule has 0 aliphatic rings. The van der Waals surface area contributed by atoms with Crippen LogP contribution in [0, 0.1) is 17.3 Å². The Kier molecular flexibility index (Phi) is 5.66. The van der Waals surface area contributed by atoms with Crippen molar-refractivity contribution in [2.45, 2.75) is 54.0 Å². The van der Waals surface area contributed by atoms with Gasteiger partial charge in [-0.3, -0.25) is 4.79 Å². The minimum Gasteiger partial charge on any atom is -0.358 e. The van der Waals surface area contributed by atoms with Crippen LogP contribution in [0.5, 0.6) is 0 Å². The average Bonchev–Trinajstić information content (AvgIpc) is 2.24. The Balaban J connectivity index is 4.75. The second-order valence-electron chi connectivity index (χ2n) is 6.43. The summed E-state index contributed by atoms with van der Waals surface area (Å²) in [7, 11) is 1.69. The van der Waals surface area contributed by atoms with Gasteiger partial charge in [0.15, 0.2) is 0 Å². The normalized spacial score (nSPS) is 16.1. The van der Waals surface area contributed by atoms with E-state index in [0.29, 0.717) is 5.92 Å². The number of likely N-dealkylation sites (N-methyl/N-ethyl adjacent to an activating group) is 1. The van der Waals surface area contributed by atoms with Crippen molar-refractivity contribution < 1.29 is 4.79 Å². The number of nitrogens with one attached hydrogen (secondary N) is 2. The molecule has 2 N–H and O–H groups in total. The largest absolute Gasteiger partial charge is 0.358 e. The quantitative estimate of drug-likeness (QED) is 0.751.